The molecule has 0 radical (unpaired) electrons. The van der Waals surface area contributed by atoms with Gasteiger partial charge in [-0.2, -0.15) is 8.42 Å². The molecule has 0 saturated heterocycles. The molecule has 1 saturated carbocycles. The molecule has 1 aromatic carbocycles. The molecule has 2 rings (SSSR count). The molecule has 1 fully saturated rings. The summed E-state index contributed by atoms with van der Waals surface area (Å²) in [4.78, 5) is 0.150. The SMILES string of the molecule is CCCCC(CC)Cc1cccc(S(=O)(=O)O)c1C1CCCCC1. The van der Waals surface area contributed by atoms with E-state index in [2.05, 4.69) is 19.9 Å². The van der Waals surface area contributed by atoms with Crippen molar-refractivity contribution >= 4 is 10.1 Å². The molecule has 0 heterocycles. The van der Waals surface area contributed by atoms with Crippen molar-refractivity contribution < 1.29 is 13.0 Å². The molecule has 1 aliphatic carbocycles. The van der Waals surface area contributed by atoms with Gasteiger partial charge in [0.15, 0.2) is 0 Å². The van der Waals surface area contributed by atoms with E-state index in [1.54, 1.807) is 12.1 Å². The molecule has 1 aromatic rings. The highest BCUT2D eigenvalue weighted by Crippen LogP contribution is 2.39. The molecule has 0 spiro atoms. The fraction of sp³-hybridized carbons (Fsp3) is 0.700. The summed E-state index contributed by atoms with van der Waals surface area (Å²) in [5, 5.41) is 0. The van der Waals surface area contributed by atoms with E-state index < -0.39 is 10.1 Å². The third-order valence-corrected chi connectivity index (χ3v) is 6.41. The lowest BCUT2D eigenvalue weighted by Gasteiger charge is -2.27. The predicted molar refractivity (Wildman–Crippen MR) is 99.1 cm³/mol. The minimum Gasteiger partial charge on any atom is -0.282 e. The van der Waals surface area contributed by atoms with Crippen LogP contribution in [0.2, 0.25) is 0 Å². The third-order valence-electron chi connectivity index (χ3n) is 5.50. The fourth-order valence-electron chi connectivity index (χ4n) is 4.10. The summed E-state index contributed by atoms with van der Waals surface area (Å²) >= 11 is 0. The lowest BCUT2D eigenvalue weighted by atomic mass is 9.79. The van der Waals surface area contributed by atoms with Gasteiger partial charge in [-0.05, 0) is 48.3 Å². The van der Waals surface area contributed by atoms with Crippen LogP contribution in [0.15, 0.2) is 23.1 Å². The number of rotatable bonds is 8. The van der Waals surface area contributed by atoms with Crippen molar-refractivity contribution in [1.29, 1.82) is 0 Å². The van der Waals surface area contributed by atoms with Gasteiger partial charge in [0.1, 0.15) is 0 Å². The zero-order valence-electron chi connectivity index (χ0n) is 15.1. The van der Waals surface area contributed by atoms with Crippen LogP contribution in [0.1, 0.15) is 88.7 Å². The van der Waals surface area contributed by atoms with Gasteiger partial charge in [0.05, 0.1) is 4.90 Å². The quantitative estimate of drug-likeness (QED) is 0.607. The van der Waals surface area contributed by atoms with Crippen LogP contribution in [0.3, 0.4) is 0 Å². The van der Waals surface area contributed by atoms with Crippen LogP contribution in [0.25, 0.3) is 0 Å². The van der Waals surface area contributed by atoms with Crippen LogP contribution in [0.5, 0.6) is 0 Å². The molecule has 136 valence electrons. The minimum absolute atomic E-state index is 0.150. The molecule has 0 bridgehead atoms. The standard InChI is InChI=1S/C20H32O3S/c1-3-5-10-16(4-2)15-18-13-9-14-19(24(21,22)23)20(18)17-11-7-6-8-12-17/h9,13-14,16-17H,3-8,10-12,15H2,1-2H3,(H,21,22,23). The molecule has 3 nitrogen and oxygen atoms in total. The summed E-state index contributed by atoms with van der Waals surface area (Å²) in [6.45, 7) is 4.42. The molecule has 1 unspecified atom stereocenters. The minimum atomic E-state index is -4.16. The van der Waals surface area contributed by atoms with Gasteiger partial charge < -0.3 is 0 Å². The fourth-order valence-corrected chi connectivity index (χ4v) is 4.93. The van der Waals surface area contributed by atoms with E-state index >= 15 is 0 Å². The average molecular weight is 353 g/mol. The highest BCUT2D eigenvalue weighted by atomic mass is 32.2. The first-order valence-corrected chi connectivity index (χ1v) is 11.0. The lowest BCUT2D eigenvalue weighted by Crippen LogP contribution is -2.15. The predicted octanol–water partition coefficient (Wildman–Crippen LogP) is 5.74. The Bertz CT molecular complexity index is 616. The van der Waals surface area contributed by atoms with Crippen LogP contribution in [0, 0.1) is 5.92 Å². The second kappa shape index (κ2) is 9.00. The van der Waals surface area contributed by atoms with Crippen molar-refractivity contribution in [1.82, 2.24) is 0 Å². The van der Waals surface area contributed by atoms with Crippen molar-refractivity contribution in [2.45, 2.75) is 88.9 Å². The Kier molecular flexibility index (Phi) is 7.30. The van der Waals surface area contributed by atoms with Crippen molar-refractivity contribution in [2.24, 2.45) is 5.92 Å². The Labute approximate surface area is 147 Å². The van der Waals surface area contributed by atoms with Gasteiger partial charge in [-0.1, -0.05) is 70.9 Å². The topological polar surface area (TPSA) is 54.4 Å². The van der Waals surface area contributed by atoms with Crippen molar-refractivity contribution in [3.8, 4) is 0 Å². The van der Waals surface area contributed by atoms with Crippen molar-refractivity contribution in [3.63, 3.8) is 0 Å². The Morgan fingerprint density at radius 3 is 2.46 bits per heavy atom. The molecule has 24 heavy (non-hydrogen) atoms. The molecule has 1 aliphatic rings. The third kappa shape index (κ3) is 5.06. The van der Waals surface area contributed by atoms with Crippen LogP contribution in [-0.2, 0) is 16.5 Å². The largest absolute Gasteiger partial charge is 0.294 e. The number of hydrogen-bond acceptors (Lipinski definition) is 2. The molecule has 0 aromatic heterocycles. The van der Waals surface area contributed by atoms with E-state index in [1.165, 1.54) is 25.7 Å². The summed E-state index contributed by atoms with van der Waals surface area (Å²) in [7, 11) is -4.16. The zero-order valence-corrected chi connectivity index (χ0v) is 15.9. The van der Waals surface area contributed by atoms with Gasteiger partial charge >= 0.3 is 0 Å². The van der Waals surface area contributed by atoms with E-state index in [0.717, 1.165) is 49.7 Å². The number of benzene rings is 1. The monoisotopic (exact) mass is 352 g/mol. The summed E-state index contributed by atoms with van der Waals surface area (Å²) in [5.74, 6) is 0.861. The smallest absolute Gasteiger partial charge is 0.282 e. The van der Waals surface area contributed by atoms with E-state index in [4.69, 9.17) is 0 Å². The van der Waals surface area contributed by atoms with Crippen LogP contribution in [-0.4, -0.2) is 13.0 Å². The number of unbranched alkanes of at least 4 members (excludes halogenated alkanes) is 1. The molecular formula is C20H32O3S. The average Bonchev–Trinajstić information content (AvgIpc) is 2.58. The molecule has 0 amide bonds. The summed E-state index contributed by atoms with van der Waals surface area (Å²) in [5.41, 5.74) is 2.05. The highest BCUT2D eigenvalue weighted by molar-refractivity contribution is 7.85. The summed E-state index contributed by atoms with van der Waals surface area (Å²) in [6, 6.07) is 5.44. The Morgan fingerprint density at radius 2 is 1.88 bits per heavy atom. The maximum absolute atomic E-state index is 11.9. The summed E-state index contributed by atoms with van der Waals surface area (Å²) < 4.78 is 33.6. The molecule has 1 N–H and O–H groups in total. The van der Waals surface area contributed by atoms with Gasteiger partial charge in [0.2, 0.25) is 0 Å². The number of hydrogen-bond donors (Lipinski definition) is 1. The van der Waals surface area contributed by atoms with Crippen molar-refractivity contribution in [3.05, 3.63) is 29.3 Å². The molecule has 0 aliphatic heterocycles. The lowest BCUT2D eigenvalue weighted by molar-refractivity contribution is 0.419. The normalized spacial score (nSPS) is 17.8. The van der Waals surface area contributed by atoms with Crippen LogP contribution in [0.4, 0.5) is 0 Å². The van der Waals surface area contributed by atoms with Gasteiger partial charge in [-0.15, -0.1) is 0 Å². The van der Waals surface area contributed by atoms with Gasteiger partial charge in [0.25, 0.3) is 10.1 Å². The first-order valence-electron chi connectivity index (χ1n) is 9.56. The zero-order chi connectivity index (χ0) is 17.6. The van der Waals surface area contributed by atoms with Crippen LogP contribution >= 0.6 is 0 Å². The second-order valence-corrected chi connectivity index (χ2v) is 8.65. The maximum atomic E-state index is 11.9. The highest BCUT2D eigenvalue weighted by Gasteiger charge is 2.27. The van der Waals surface area contributed by atoms with E-state index in [0.29, 0.717) is 5.92 Å². The Balaban J connectivity index is 2.38. The molecule has 4 heteroatoms. The first kappa shape index (κ1) is 19.5. The first-order chi connectivity index (χ1) is 11.5. The second-order valence-electron chi connectivity index (χ2n) is 7.26. The molecule has 1 atom stereocenters. The van der Waals surface area contributed by atoms with Crippen molar-refractivity contribution in [2.75, 3.05) is 0 Å². The maximum Gasteiger partial charge on any atom is 0.294 e. The summed E-state index contributed by atoms with van der Waals surface area (Å²) in [6.07, 6.45) is 11.2. The van der Waals surface area contributed by atoms with Gasteiger partial charge in [-0.3, -0.25) is 4.55 Å². The van der Waals surface area contributed by atoms with Gasteiger partial charge in [0, 0.05) is 0 Å². The Hall–Kier alpha value is -0.870. The van der Waals surface area contributed by atoms with Gasteiger partial charge in [-0.25, -0.2) is 0 Å². The molecular weight excluding hydrogens is 320 g/mol. The van der Waals surface area contributed by atoms with E-state index in [-0.39, 0.29) is 10.8 Å². The van der Waals surface area contributed by atoms with Crippen LogP contribution < -0.4 is 0 Å². The Morgan fingerprint density at radius 1 is 1.17 bits per heavy atom. The van der Waals surface area contributed by atoms with E-state index in [9.17, 15) is 13.0 Å². The van der Waals surface area contributed by atoms with E-state index in [1.807, 2.05) is 0 Å².